The molecule has 17 heavy (non-hydrogen) atoms. The minimum absolute atomic E-state index is 0.0749. The van der Waals surface area contributed by atoms with E-state index in [2.05, 4.69) is 34.1 Å². The molecule has 4 heteroatoms. The van der Waals surface area contributed by atoms with Crippen LogP contribution in [0.5, 0.6) is 0 Å². The minimum Gasteiger partial charge on any atom is -0.464 e. The number of rotatable bonds is 8. The summed E-state index contributed by atoms with van der Waals surface area (Å²) in [5.74, 6) is -0.246. The molecule has 0 saturated heterocycles. The molecule has 0 rings (SSSR count). The van der Waals surface area contributed by atoms with Crippen LogP contribution in [0.3, 0.4) is 0 Å². The summed E-state index contributed by atoms with van der Waals surface area (Å²) in [6, 6.07) is 0. The predicted molar refractivity (Wildman–Crippen MR) is 74.1 cm³/mol. The van der Waals surface area contributed by atoms with Crippen molar-refractivity contribution in [3.05, 3.63) is 0 Å². The highest BCUT2D eigenvalue weighted by Crippen LogP contribution is 2.25. The van der Waals surface area contributed by atoms with E-state index in [1.54, 1.807) is 0 Å². The van der Waals surface area contributed by atoms with Gasteiger partial charge in [-0.15, -0.1) is 7.92 Å². The molecule has 3 nitrogen and oxygen atoms in total. The van der Waals surface area contributed by atoms with E-state index in [1.807, 2.05) is 0 Å². The number of ether oxygens (including phenoxy) is 2. The standard InChI is InChI=1S/C13H27O3P/c1-13(2,3)11-15-10-12(14)16-8-6-7-9-17(4)5/h6-11H2,1-5H3. The predicted octanol–water partition coefficient (Wildman–Crippen LogP) is 3.11. The summed E-state index contributed by atoms with van der Waals surface area (Å²) >= 11 is 0. The Morgan fingerprint density at radius 3 is 2.35 bits per heavy atom. The fraction of sp³-hybridized carbons (Fsp3) is 0.923. The lowest BCUT2D eigenvalue weighted by Gasteiger charge is -2.17. The Bertz CT molecular complexity index is 209. The lowest BCUT2D eigenvalue weighted by atomic mass is 9.99. The second kappa shape index (κ2) is 8.88. The largest absolute Gasteiger partial charge is 0.464 e. The van der Waals surface area contributed by atoms with E-state index in [0.717, 1.165) is 12.8 Å². The molecule has 0 saturated carbocycles. The van der Waals surface area contributed by atoms with Gasteiger partial charge in [-0.05, 0) is 37.7 Å². The zero-order valence-electron chi connectivity index (χ0n) is 11.9. The summed E-state index contributed by atoms with van der Waals surface area (Å²) in [7, 11) is 0.180. The molecule has 0 atom stereocenters. The maximum Gasteiger partial charge on any atom is 0.332 e. The first kappa shape index (κ1) is 16.9. The van der Waals surface area contributed by atoms with Crippen molar-refractivity contribution in [3.8, 4) is 0 Å². The molecule has 0 amide bonds. The van der Waals surface area contributed by atoms with E-state index < -0.39 is 0 Å². The van der Waals surface area contributed by atoms with Gasteiger partial charge in [-0.2, -0.15) is 0 Å². The van der Waals surface area contributed by atoms with Crippen molar-refractivity contribution in [2.24, 2.45) is 5.41 Å². The van der Waals surface area contributed by atoms with Crippen LogP contribution in [0.2, 0.25) is 0 Å². The Morgan fingerprint density at radius 1 is 1.18 bits per heavy atom. The second-order valence-corrected chi connectivity index (χ2v) is 8.39. The lowest BCUT2D eigenvalue weighted by molar-refractivity contribution is -0.150. The van der Waals surface area contributed by atoms with Crippen molar-refractivity contribution < 1.29 is 14.3 Å². The maximum absolute atomic E-state index is 11.3. The molecule has 0 aliphatic heterocycles. The van der Waals surface area contributed by atoms with E-state index in [-0.39, 0.29) is 25.9 Å². The molecule has 0 heterocycles. The Hall–Kier alpha value is -0.140. The van der Waals surface area contributed by atoms with E-state index in [9.17, 15) is 4.79 Å². The molecule has 0 aromatic rings. The number of hydrogen-bond donors (Lipinski definition) is 0. The number of hydrogen-bond acceptors (Lipinski definition) is 3. The molecule has 0 aliphatic carbocycles. The van der Waals surface area contributed by atoms with Crippen LogP contribution in [-0.2, 0) is 14.3 Å². The van der Waals surface area contributed by atoms with Crippen molar-refractivity contribution >= 4 is 13.9 Å². The highest BCUT2D eigenvalue weighted by molar-refractivity contribution is 7.55. The van der Waals surface area contributed by atoms with Crippen LogP contribution in [0, 0.1) is 5.41 Å². The van der Waals surface area contributed by atoms with Crippen molar-refractivity contribution in [1.82, 2.24) is 0 Å². The van der Waals surface area contributed by atoms with Crippen LogP contribution in [0.15, 0.2) is 0 Å². The van der Waals surface area contributed by atoms with Crippen molar-refractivity contribution in [2.75, 3.05) is 39.3 Å². The second-order valence-electron chi connectivity index (χ2n) is 5.78. The van der Waals surface area contributed by atoms with Gasteiger partial charge in [0.05, 0.1) is 13.2 Å². The third-order valence-corrected chi connectivity index (χ3v) is 3.23. The first-order valence-electron chi connectivity index (χ1n) is 6.19. The van der Waals surface area contributed by atoms with E-state index in [0.29, 0.717) is 13.2 Å². The zero-order chi connectivity index (χ0) is 13.3. The van der Waals surface area contributed by atoms with E-state index in [1.165, 1.54) is 6.16 Å². The van der Waals surface area contributed by atoms with Gasteiger partial charge in [0.1, 0.15) is 6.61 Å². The van der Waals surface area contributed by atoms with Gasteiger partial charge < -0.3 is 9.47 Å². The van der Waals surface area contributed by atoms with Gasteiger partial charge in [0.15, 0.2) is 0 Å². The van der Waals surface area contributed by atoms with Crippen LogP contribution in [0.25, 0.3) is 0 Å². The summed E-state index contributed by atoms with van der Waals surface area (Å²) in [5.41, 5.74) is 0.0969. The summed E-state index contributed by atoms with van der Waals surface area (Å²) in [5, 5.41) is 0. The number of unbranched alkanes of at least 4 members (excludes halogenated alkanes) is 1. The Kier molecular flexibility index (Phi) is 8.81. The first-order chi connectivity index (χ1) is 7.81. The Balaban J connectivity index is 3.35. The molecule has 0 N–H and O–H groups in total. The van der Waals surface area contributed by atoms with Crippen LogP contribution in [-0.4, -0.2) is 45.3 Å². The average Bonchev–Trinajstić information content (AvgIpc) is 2.14. The average molecular weight is 262 g/mol. The van der Waals surface area contributed by atoms with Gasteiger partial charge in [0.2, 0.25) is 0 Å². The summed E-state index contributed by atoms with van der Waals surface area (Å²) < 4.78 is 10.4. The molecule has 0 spiro atoms. The van der Waals surface area contributed by atoms with Crippen LogP contribution >= 0.6 is 7.92 Å². The van der Waals surface area contributed by atoms with Crippen molar-refractivity contribution in [1.29, 1.82) is 0 Å². The minimum atomic E-state index is -0.246. The van der Waals surface area contributed by atoms with E-state index in [4.69, 9.17) is 9.47 Å². The molecule has 0 radical (unpaired) electrons. The smallest absolute Gasteiger partial charge is 0.332 e. The lowest BCUT2D eigenvalue weighted by Crippen LogP contribution is -2.20. The van der Waals surface area contributed by atoms with Gasteiger partial charge in [0, 0.05) is 0 Å². The SMILES string of the molecule is CP(C)CCCCOC(=O)COCC(C)(C)C. The van der Waals surface area contributed by atoms with Gasteiger partial charge in [-0.25, -0.2) is 4.79 Å². The van der Waals surface area contributed by atoms with Crippen molar-refractivity contribution in [2.45, 2.75) is 33.6 Å². The van der Waals surface area contributed by atoms with Gasteiger partial charge in [-0.1, -0.05) is 20.8 Å². The third-order valence-electron chi connectivity index (χ3n) is 2.02. The number of carbonyl (C=O) groups is 1. The summed E-state index contributed by atoms with van der Waals surface area (Å²) in [4.78, 5) is 11.3. The fourth-order valence-corrected chi connectivity index (χ4v) is 2.05. The topological polar surface area (TPSA) is 35.5 Å². The van der Waals surface area contributed by atoms with E-state index >= 15 is 0 Å². The molecular weight excluding hydrogens is 235 g/mol. The third kappa shape index (κ3) is 13.8. The molecule has 0 fully saturated rings. The first-order valence-corrected chi connectivity index (χ1v) is 8.61. The molecule has 0 aromatic carbocycles. The zero-order valence-corrected chi connectivity index (χ0v) is 12.8. The molecular formula is C13H27O3P. The van der Waals surface area contributed by atoms with Crippen molar-refractivity contribution in [3.63, 3.8) is 0 Å². The fourth-order valence-electron chi connectivity index (χ4n) is 1.20. The van der Waals surface area contributed by atoms with Gasteiger partial charge in [0.25, 0.3) is 0 Å². The number of esters is 1. The molecule has 0 aliphatic rings. The highest BCUT2D eigenvalue weighted by Gasteiger charge is 2.11. The number of carbonyl (C=O) groups excluding carboxylic acids is 1. The van der Waals surface area contributed by atoms with Gasteiger partial charge >= 0.3 is 5.97 Å². The summed E-state index contributed by atoms with van der Waals surface area (Å²) in [6.45, 7) is 11.9. The van der Waals surface area contributed by atoms with Crippen LogP contribution < -0.4 is 0 Å². The Morgan fingerprint density at radius 2 is 1.82 bits per heavy atom. The monoisotopic (exact) mass is 262 g/mol. The summed E-state index contributed by atoms with van der Waals surface area (Å²) in [6.07, 6.45) is 3.37. The molecule has 0 bridgehead atoms. The molecule has 102 valence electrons. The van der Waals surface area contributed by atoms with Crippen LogP contribution in [0.4, 0.5) is 0 Å². The normalized spacial score (nSPS) is 11.9. The molecule has 0 aromatic heterocycles. The quantitative estimate of drug-likeness (QED) is 0.383. The Labute approximate surface area is 107 Å². The molecule has 0 unspecified atom stereocenters. The van der Waals surface area contributed by atoms with Gasteiger partial charge in [-0.3, -0.25) is 0 Å². The highest BCUT2D eigenvalue weighted by atomic mass is 31.1. The maximum atomic E-state index is 11.3. The van der Waals surface area contributed by atoms with Crippen LogP contribution in [0.1, 0.15) is 33.6 Å².